The number of H-pyrrole nitrogens is 1. The number of carbonyl (C=O) groups is 3. The van der Waals surface area contributed by atoms with Crippen LogP contribution in [0.15, 0.2) is 100 Å². The van der Waals surface area contributed by atoms with Crippen molar-refractivity contribution in [2.75, 3.05) is 5.32 Å². The fraction of sp³-hybridized carbons (Fsp3) is 0.156. The number of rotatable bonds is 11. The normalized spacial score (nSPS) is 12.8. The van der Waals surface area contributed by atoms with Gasteiger partial charge in [0.15, 0.2) is 23.1 Å². The number of anilines is 1. The molecule has 5 rings (SSSR count). The van der Waals surface area contributed by atoms with Crippen LogP contribution in [0.4, 0.5) is 10.1 Å². The predicted octanol–water partition coefficient (Wildman–Crippen LogP) is 2.79. The highest BCUT2D eigenvalue weighted by molar-refractivity contribution is 5.97. The molecule has 0 saturated heterocycles. The summed E-state index contributed by atoms with van der Waals surface area (Å²) in [5.41, 5.74) is 1.36. The number of tetrazole rings is 1. The van der Waals surface area contributed by atoms with Crippen LogP contribution < -0.4 is 21.4 Å². The summed E-state index contributed by atoms with van der Waals surface area (Å²) in [4.78, 5) is 51.9. The minimum Gasteiger partial charge on any atom is -0.445 e. The molecule has 0 saturated carbocycles. The third kappa shape index (κ3) is 7.92. The first-order valence-electron chi connectivity index (χ1n) is 14.1. The molecule has 0 fully saturated rings. The van der Waals surface area contributed by atoms with E-state index in [1.807, 2.05) is 0 Å². The van der Waals surface area contributed by atoms with E-state index in [-0.39, 0.29) is 6.42 Å². The number of halogens is 1. The molecule has 0 bridgehead atoms. The van der Waals surface area contributed by atoms with Crippen LogP contribution in [-0.4, -0.2) is 55.6 Å². The second-order valence-corrected chi connectivity index (χ2v) is 10.3. The van der Waals surface area contributed by atoms with Gasteiger partial charge in [-0.15, -0.1) is 10.2 Å². The molecule has 3 aromatic carbocycles. The molecule has 3 amide bonds. The molecule has 0 unspecified atom stereocenters. The van der Waals surface area contributed by atoms with Gasteiger partial charge in [0.05, 0.1) is 12.1 Å². The molecule has 5 N–H and O–H groups in total. The maximum absolute atomic E-state index is 13.6. The zero-order valence-electron chi connectivity index (χ0n) is 24.3. The number of amides is 3. The third-order valence-electron chi connectivity index (χ3n) is 6.91. The van der Waals surface area contributed by atoms with Crippen LogP contribution in [0.1, 0.15) is 45.2 Å². The van der Waals surface area contributed by atoms with Gasteiger partial charge in [-0.25, -0.2) is 4.39 Å². The average Bonchev–Trinajstić information content (AvgIpc) is 3.60. The third-order valence-corrected chi connectivity index (χ3v) is 6.91. The molecule has 2 heterocycles. The molecule has 14 heteroatoms. The van der Waals surface area contributed by atoms with Gasteiger partial charge in [0.2, 0.25) is 5.82 Å². The van der Waals surface area contributed by atoms with E-state index in [2.05, 4.69) is 36.6 Å². The quantitative estimate of drug-likeness (QED) is 0.147. The highest BCUT2D eigenvalue weighted by Crippen LogP contribution is 2.19. The van der Waals surface area contributed by atoms with Crippen LogP contribution in [0.25, 0.3) is 11.4 Å². The zero-order chi connectivity index (χ0) is 32.6. The highest BCUT2D eigenvalue weighted by Gasteiger charge is 2.30. The van der Waals surface area contributed by atoms with Crippen LogP contribution in [0.5, 0.6) is 0 Å². The molecule has 0 aliphatic rings. The molecule has 0 aliphatic heterocycles. The minimum atomic E-state index is -1.76. The Hall–Kier alpha value is -6.02. The number of aliphatic hydroxyl groups excluding tert-OH is 1. The van der Waals surface area contributed by atoms with Crippen LogP contribution in [0, 0.1) is 5.82 Å². The van der Waals surface area contributed by atoms with Crippen LogP contribution in [0.2, 0.25) is 0 Å². The minimum absolute atomic E-state index is 0.0274. The molecular weight excluding hydrogens is 597 g/mol. The summed E-state index contributed by atoms with van der Waals surface area (Å²) in [7, 11) is 0. The van der Waals surface area contributed by atoms with Gasteiger partial charge in [-0.2, -0.15) is 5.21 Å². The highest BCUT2D eigenvalue weighted by atomic mass is 19.1. The fourth-order valence-corrected chi connectivity index (χ4v) is 4.60. The average molecular weight is 626 g/mol. The van der Waals surface area contributed by atoms with Crippen LogP contribution in [0.3, 0.4) is 0 Å². The number of benzene rings is 3. The van der Waals surface area contributed by atoms with Crippen molar-refractivity contribution in [1.29, 1.82) is 0 Å². The smallest absolute Gasteiger partial charge is 0.287 e. The largest absolute Gasteiger partial charge is 0.445 e. The number of hydrogen-bond donors (Lipinski definition) is 5. The first kappa shape index (κ1) is 31.4. The molecule has 0 radical (unpaired) electrons. The number of nitrogens with one attached hydrogen (secondary N) is 4. The monoisotopic (exact) mass is 625 g/mol. The number of carbonyl (C=O) groups excluding carboxylic acids is 3. The molecule has 234 valence electrons. The summed E-state index contributed by atoms with van der Waals surface area (Å²) in [5, 5.41) is 32.6. The summed E-state index contributed by atoms with van der Waals surface area (Å²) in [5.74, 6) is -3.75. The van der Waals surface area contributed by atoms with Gasteiger partial charge in [-0.1, -0.05) is 54.6 Å². The Bertz CT molecular complexity index is 1900. The second-order valence-electron chi connectivity index (χ2n) is 10.3. The Labute approximate surface area is 260 Å². The van der Waals surface area contributed by atoms with E-state index < -0.39 is 58.7 Å². The van der Waals surface area contributed by atoms with Crippen molar-refractivity contribution in [3.63, 3.8) is 0 Å². The summed E-state index contributed by atoms with van der Waals surface area (Å²) in [6.45, 7) is 1.61. The molecule has 0 spiro atoms. The topological polar surface area (TPSA) is 192 Å². The zero-order valence-corrected chi connectivity index (χ0v) is 24.3. The Morgan fingerprint density at radius 1 is 0.913 bits per heavy atom. The summed E-state index contributed by atoms with van der Waals surface area (Å²) in [6, 6.07) is 20.9. The van der Waals surface area contributed by atoms with Crippen molar-refractivity contribution in [2.45, 2.75) is 31.5 Å². The number of aliphatic hydroxyl groups is 1. The first-order chi connectivity index (χ1) is 22.2. The van der Waals surface area contributed by atoms with Crippen LogP contribution in [-0.2, 0) is 11.2 Å². The van der Waals surface area contributed by atoms with E-state index in [9.17, 15) is 28.7 Å². The Morgan fingerprint density at radius 2 is 1.63 bits per heavy atom. The van der Waals surface area contributed by atoms with Crippen LogP contribution >= 0.6 is 0 Å². The van der Waals surface area contributed by atoms with E-state index in [1.165, 1.54) is 18.2 Å². The predicted molar refractivity (Wildman–Crippen MR) is 163 cm³/mol. The van der Waals surface area contributed by atoms with E-state index in [4.69, 9.17) is 4.42 Å². The second kappa shape index (κ2) is 14.2. The lowest BCUT2D eigenvalue weighted by molar-refractivity contribution is -0.125. The van der Waals surface area contributed by atoms with Gasteiger partial charge in [-0.05, 0) is 54.0 Å². The van der Waals surface area contributed by atoms with Crippen molar-refractivity contribution < 1.29 is 28.3 Å². The van der Waals surface area contributed by atoms with Gasteiger partial charge >= 0.3 is 0 Å². The Balaban J connectivity index is 1.33. The first-order valence-corrected chi connectivity index (χ1v) is 14.1. The molecular formula is C32H28FN7O6. The molecule has 5 aromatic rings. The maximum Gasteiger partial charge on any atom is 0.287 e. The van der Waals surface area contributed by atoms with Crippen molar-refractivity contribution in [3.8, 4) is 11.4 Å². The van der Waals surface area contributed by atoms with Gasteiger partial charge in [0, 0.05) is 23.4 Å². The van der Waals surface area contributed by atoms with Gasteiger partial charge in [-0.3, -0.25) is 19.2 Å². The van der Waals surface area contributed by atoms with Gasteiger partial charge in [0.25, 0.3) is 17.7 Å². The lowest BCUT2D eigenvalue weighted by atomic mass is 10.00. The van der Waals surface area contributed by atoms with E-state index in [1.54, 1.807) is 67.6 Å². The number of nitrogens with zero attached hydrogens (tertiary/aromatic N) is 3. The lowest BCUT2D eigenvalue weighted by Crippen LogP contribution is -2.50. The van der Waals surface area contributed by atoms with E-state index in [0.29, 0.717) is 28.2 Å². The Morgan fingerprint density at radius 3 is 2.33 bits per heavy atom. The number of aromatic amines is 1. The molecule has 0 aliphatic carbocycles. The van der Waals surface area contributed by atoms with Crippen molar-refractivity contribution in [1.82, 2.24) is 31.3 Å². The van der Waals surface area contributed by atoms with Gasteiger partial charge < -0.3 is 25.5 Å². The molecule has 2 aromatic heterocycles. The summed E-state index contributed by atoms with van der Waals surface area (Å²) in [6.07, 6.45) is -1.73. The Kier molecular flexibility index (Phi) is 9.68. The molecule has 3 atom stereocenters. The molecule has 46 heavy (non-hydrogen) atoms. The number of aromatic nitrogens is 4. The molecule has 13 nitrogen and oxygen atoms in total. The SMILES string of the molecule is C[C@@H](NC(=O)c1cc(=O)cc(C(=O)N[C@@H](Cc2ccccc2)[C@H](O)C(=O)Nc2cccc(-c3nn[nH]n3)c2)o1)c1cccc(F)c1. The maximum atomic E-state index is 13.6. The van der Waals surface area contributed by atoms with Crippen molar-refractivity contribution in [3.05, 3.63) is 130 Å². The summed E-state index contributed by atoms with van der Waals surface area (Å²) < 4.78 is 19.1. The fourth-order valence-electron chi connectivity index (χ4n) is 4.60. The van der Waals surface area contributed by atoms with Crippen molar-refractivity contribution >= 4 is 23.4 Å². The van der Waals surface area contributed by atoms with Crippen molar-refractivity contribution in [2.24, 2.45) is 0 Å². The van der Waals surface area contributed by atoms with E-state index in [0.717, 1.165) is 12.1 Å². The van der Waals surface area contributed by atoms with E-state index >= 15 is 0 Å². The standard InChI is InChI=1S/C32H28FN7O6/c1-18(20-9-5-11-22(33)14-20)34-30(43)26-16-24(41)17-27(46-26)31(44)36-25(13-19-7-3-2-4-8-19)28(42)32(45)35-23-12-6-10-21(15-23)29-37-39-40-38-29/h2-12,14-18,25,28,42H,13H2,1H3,(H,34,43)(H,35,45)(H,36,44)(H,37,38,39,40)/t18-,25+,28+/m1/s1. The summed E-state index contributed by atoms with van der Waals surface area (Å²) >= 11 is 0. The number of hydrogen-bond acceptors (Lipinski definition) is 9. The lowest BCUT2D eigenvalue weighted by Gasteiger charge is -2.24. The van der Waals surface area contributed by atoms with Gasteiger partial charge in [0.1, 0.15) is 5.82 Å².